The van der Waals surface area contributed by atoms with Crippen LogP contribution in [0.3, 0.4) is 0 Å². The fraction of sp³-hybridized carbons (Fsp3) is 0.533. The summed E-state index contributed by atoms with van der Waals surface area (Å²) in [6.45, 7) is 0. The van der Waals surface area contributed by atoms with Gasteiger partial charge in [0.05, 0.1) is 0 Å². The molecule has 2 rings (SSSR count). The van der Waals surface area contributed by atoms with Crippen LogP contribution < -0.4 is 0 Å². The summed E-state index contributed by atoms with van der Waals surface area (Å²) >= 11 is 0. The molecule has 1 heteroatoms. The van der Waals surface area contributed by atoms with Gasteiger partial charge in [-0.05, 0) is 30.7 Å². The lowest BCUT2D eigenvalue weighted by molar-refractivity contribution is -0.119. The molecule has 0 N–H and O–H groups in total. The van der Waals surface area contributed by atoms with E-state index in [4.69, 9.17) is 0 Å². The van der Waals surface area contributed by atoms with E-state index in [1.54, 1.807) is 0 Å². The van der Waals surface area contributed by atoms with Gasteiger partial charge in [-0.15, -0.1) is 0 Å². The van der Waals surface area contributed by atoms with Crippen molar-refractivity contribution in [3.05, 3.63) is 35.9 Å². The van der Waals surface area contributed by atoms with E-state index in [2.05, 4.69) is 24.3 Å². The number of carbonyl (C=O) groups excluding carboxylic acids is 1. The number of Topliss-reactive ketones (excluding diaryl/α,β-unsaturated/α-hetero) is 1. The SMILES string of the molecule is O=C(CCCc1ccccc1)CCC1CC1. The van der Waals surface area contributed by atoms with Crippen molar-refractivity contribution < 1.29 is 4.79 Å². The maximum absolute atomic E-state index is 11.6. The number of rotatable bonds is 7. The van der Waals surface area contributed by atoms with Crippen molar-refractivity contribution in [3.63, 3.8) is 0 Å². The second kappa shape index (κ2) is 5.83. The summed E-state index contributed by atoms with van der Waals surface area (Å²) in [5.74, 6) is 1.35. The minimum absolute atomic E-state index is 0.461. The zero-order valence-electron chi connectivity index (χ0n) is 9.82. The Balaban J connectivity index is 1.58. The number of carbonyl (C=O) groups is 1. The Kier molecular flexibility index (Phi) is 4.15. The molecule has 86 valence electrons. The number of ketones is 1. The second-order valence-electron chi connectivity index (χ2n) is 4.86. The molecule has 1 fully saturated rings. The molecule has 0 radical (unpaired) electrons. The zero-order valence-corrected chi connectivity index (χ0v) is 9.82. The fourth-order valence-corrected chi connectivity index (χ4v) is 2.03. The third-order valence-corrected chi connectivity index (χ3v) is 3.29. The van der Waals surface area contributed by atoms with Gasteiger partial charge < -0.3 is 0 Å². The van der Waals surface area contributed by atoms with Gasteiger partial charge >= 0.3 is 0 Å². The quantitative estimate of drug-likeness (QED) is 0.678. The lowest BCUT2D eigenvalue weighted by Gasteiger charge is -2.01. The highest BCUT2D eigenvalue weighted by Crippen LogP contribution is 2.33. The minimum atomic E-state index is 0.461. The van der Waals surface area contributed by atoms with Crippen molar-refractivity contribution in [3.8, 4) is 0 Å². The van der Waals surface area contributed by atoms with Gasteiger partial charge in [0.2, 0.25) is 0 Å². The normalized spacial score (nSPS) is 15.0. The van der Waals surface area contributed by atoms with E-state index in [1.807, 2.05) is 6.07 Å². The lowest BCUT2D eigenvalue weighted by atomic mass is 10.0. The van der Waals surface area contributed by atoms with Crippen molar-refractivity contribution in [2.45, 2.75) is 44.9 Å². The highest BCUT2D eigenvalue weighted by molar-refractivity contribution is 5.78. The van der Waals surface area contributed by atoms with E-state index in [0.29, 0.717) is 5.78 Å². The maximum atomic E-state index is 11.6. The molecule has 0 heterocycles. The molecule has 0 aliphatic heterocycles. The second-order valence-corrected chi connectivity index (χ2v) is 4.86. The molecule has 0 spiro atoms. The third kappa shape index (κ3) is 4.18. The Morgan fingerprint density at radius 2 is 1.88 bits per heavy atom. The van der Waals surface area contributed by atoms with Crippen LogP contribution in [0.1, 0.15) is 44.1 Å². The van der Waals surface area contributed by atoms with Crippen LogP contribution in [0.5, 0.6) is 0 Å². The van der Waals surface area contributed by atoms with Gasteiger partial charge in [0.15, 0.2) is 0 Å². The summed E-state index contributed by atoms with van der Waals surface area (Å²) < 4.78 is 0. The molecular weight excluding hydrogens is 196 g/mol. The smallest absolute Gasteiger partial charge is 0.132 e. The molecule has 1 aromatic rings. The molecule has 0 unspecified atom stereocenters. The van der Waals surface area contributed by atoms with Crippen molar-refractivity contribution in [2.24, 2.45) is 5.92 Å². The molecular formula is C15H20O. The third-order valence-electron chi connectivity index (χ3n) is 3.29. The Bertz CT molecular complexity index is 325. The Morgan fingerprint density at radius 3 is 2.56 bits per heavy atom. The molecule has 0 amide bonds. The van der Waals surface area contributed by atoms with Gasteiger partial charge in [0.25, 0.3) is 0 Å². The Morgan fingerprint density at radius 1 is 1.12 bits per heavy atom. The standard InChI is InChI=1S/C15H20O/c16-15(12-11-14-9-10-14)8-4-7-13-5-2-1-3-6-13/h1-3,5-6,14H,4,7-12H2. The molecule has 0 bridgehead atoms. The van der Waals surface area contributed by atoms with E-state index in [0.717, 1.165) is 38.0 Å². The highest BCUT2D eigenvalue weighted by Gasteiger charge is 2.21. The van der Waals surface area contributed by atoms with Crippen LogP contribution in [0, 0.1) is 5.92 Å². The molecule has 1 saturated carbocycles. The number of hydrogen-bond acceptors (Lipinski definition) is 1. The molecule has 1 aromatic carbocycles. The summed E-state index contributed by atoms with van der Waals surface area (Å²) in [6, 6.07) is 10.4. The van der Waals surface area contributed by atoms with E-state index in [9.17, 15) is 4.79 Å². The predicted molar refractivity (Wildman–Crippen MR) is 66.3 cm³/mol. The first kappa shape index (κ1) is 11.4. The van der Waals surface area contributed by atoms with Crippen LogP contribution in [0.25, 0.3) is 0 Å². The zero-order chi connectivity index (χ0) is 11.2. The van der Waals surface area contributed by atoms with Crippen LogP contribution in [0.4, 0.5) is 0 Å². The first-order valence-corrected chi connectivity index (χ1v) is 6.40. The van der Waals surface area contributed by atoms with E-state index < -0.39 is 0 Å². The summed E-state index contributed by atoms with van der Waals surface area (Å²) in [4.78, 5) is 11.6. The van der Waals surface area contributed by atoms with Crippen LogP contribution in [-0.4, -0.2) is 5.78 Å². The van der Waals surface area contributed by atoms with Crippen LogP contribution in [0.2, 0.25) is 0 Å². The van der Waals surface area contributed by atoms with E-state index >= 15 is 0 Å². The summed E-state index contributed by atoms with van der Waals surface area (Å²) in [6.07, 6.45) is 7.49. The first-order chi connectivity index (χ1) is 7.84. The van der Waals surface area contributed by atoms with Crippen molar-refractivity contribution in [1.29, 1.82) is 0 Å². The Hall–Kier alpha value is -1.11. The molecule has 16 heavy (non-hydrogen) atoms. The lowest BCUT2D eigenvalue weighted by Crippen LogP contribution is -1.99. The predicted octanol–water partition coefficient (Wildman–Crippen LogP) is 3.77. The molecule has 0 atom stereocenters. The van der Waals surface area contributed by atoms with Crippen LogP contribution >= 0.6 is 0 Å². The average Bonchev–Trinajstić information content (AvgIpc) is 3.12. The summed E-state index contributed by atoms with van der Waals surface area (Å²) in [7, 11) is 0. The van der Waals surface area contributed by atoms with Crippen molar-refractivity contribution in [2.75, 3.05) is 0 Å². The first-order valence-electron chi connectivity index (χ1n) is 6.40. The van der Waals surface area contributed by atoms with Crippen molar-refractivity contribution in [1.82, 2.24) is 0 Å². The van der Waals surface area contributed by atoms with E-state index in [1.165, 1.54) is 18.4 Å². The Labute approximate surface area is 97.9 Å². The van der Waals surface area contributed by atoms with Gasteiger partial charge in [0.1, 0.15) is 5.78 Å². The highest BCUT2D eigenvalue weighted by atomic mass is 16.1. The summed E-state index contributed by atoms with van der Waals surface area (Å²) in [5, 5.41) is 0. The van der Waals surface area contributed by atoms with Crippen LogP contribution in [-0.2, 0) is 11.2 Å². The van der Waals surface area contributed by atoms with Crippen molar-refractivity contribution >= 4 is 5.78 Å². The molecule has 0 saturated heterocycles. The fourth-order valence-electron chi connectivity index (χ4n) is 2.03. The monoisotopic (exact) mass is 216 g/mol. The number of hydrogen-bond donors (Lipinski definition) is 0. The maximum Gasteiger partial charge on any atom is 0.132 e. The number of benzene rings is 1. The molecule has 1 nitrogen and oxygen atoms in total. The topological polar surface area (TPSA) is 17.1 Å². The summed E-state index contributed by atoms with van der Waals surface area (Å²) in [5.41, 5.74) is 1.34. The minimum Gasteiger partial charge on any atom is -0.300 e. The van der Waals surface area contributed by atoms with E-state index in [-0.39, 0.29) is 0 Å². The molecule has 1 aliphatic rings. The van der Waals surface area contributed by atoms with Gasteiger partial charge in [-0.1, -0.05) is 43.2 Å². The number of aryl methyl sites for hydroxylation is 1. The van der Waals surface area contributed by atoms with Gasteiger partial charge in [0, 0.05) is 12.8 Å². The van der Waals surface area contributed by atoms with Gasteiger partial charge in [-0.25, -0.2) is 0 Å². The van der Waals surface area contributed by atoms with Crippen LogP contribution in [0.15, 0.2) is 30.3 Å². The van der Waals surface area contributed by atoms with Gasteiger partial charge in [-0.3, -0.25) is 4.79 Å². The molecule has 0 aromatic heterocycles. The van der Waals surface area contributed by atoms with Gasteiger partial charge in [-0.2, -0.15) is 0 Å². The molecule has 1 aliphatic carbocycles. The average molecular weight is 216 g/mol. The largest absolute Gasteiger partial charge is 0.300 e.